The Kier molecular flexibility index (Phi) is 3.81. The first kappa shape index (κ1) is 12.8. The fourth-order valence-electron chi connectivity index (χ4n) is 1.74. The van der Waals surface area contributed by atoms with Crippen molar-refractivity contribution < 1.29 is 9.90 Å². The number of hydrogen-bond acceptors (Lipinski definition) is 4. The van der Waals surface area contributed by atoms with Crippen LogP contribution in [0.3, 0.4) is 0 Å². The van der Waals surface area contributed by atoms with Crippen LogP contribution < -0.4 is 5.32 Å². The molecule has 0 saturated heterocycles. The monoisotopic (exact) mass is 264 g/mol. The summed E-state index contributed by atoms with van der Waals surface area (Å²) in [6.07, 6.45) is 0.805. The number of aliphatic carboxylic acids is 1. The lowest BCUT2D eigenvalue weighted by atomic mass is 10.1. The fraction of sp³-hybridized carbons (Fsp3) is 0.385. The molecule has 0 aliphatic heterocycles. The molecule has 2 rings (SSSR count). The van der Waals surface area contributed by atoms with E-state index in [2.05, 4.69) is 36.3 Å². The van der Waals surface area contributed by atoms with Gasteiger partial charge in [0.05, 0.1) is 10.2 Å². The molecule has 0 saturated carbocycles. The van der Waals surface area contributed by atoms with Crippen molar-refractivity contribution in [2.45, 2.75) is 26.7 Å². The van der Waals surface area contributed by atoms with Crippen molar-refractivity contribution in [3.63, 3.8) is 0 Å². The van der Waals surface area contributed by atoms with Crippen LogP contribution >= 0.6 is 11.3 Å². The Balaban J connectivity index is 2.06. The van der Waals surface area contributed by atoms with Crippen LogP contribution in [0.5, 0.6) is 0 Å². The zero-order valence-corrected chi connectivity index (χ0v) is 11.3. The number of aryl methyl sites for hydroxylation is 2. The molecule has 0 atom stereocenters. The largest absolute Gasteiger partial charge is 0.481 e. The molecule has 1 aromatic heterocycles. The Morgan fingerprint density at radius 1 is 1.44 bits per heavy atom. The van der Waals surface area contributed by atoms with Gasteiger partial charge in [-0.1, -0.05) is 17.4 Å². The molecule has 96 valence electrons. The van der Waals surface area contributed by atoms with E-state index in [1.165, 1.54) is 15.8 Å². The third-order valence-corrected chi connectivity index (χ3v) is 3.91. The lowest BCUT2D eigenvalue weighted by Crippen LogP contribution is -2.04. The summed E-state index contributed by atoms with van der Waals surface area (Å²) in [6, 6.07) is 4.18. The van der Waals surface area contributed by atoms with Gasteiger partial charge < -0.3 is 10.4 Å². The van der Waals surface area contributed by atoms with E-state index in [0.717, 1.165) is 10.6 Å². The summed E-state index contributed by atoms with van der Waals surface area (Å²) in [5.41, 5.74) is 3.49. The molecule has 2 N–H and O–H groups in total. The summed E-state index contributed by atoms with van der Waals surface area (Å²) < 4.78 is 1.17. The van der Waals surface area contributed by atoms with E-state index in [1.807, 2.05) is 0 Å². The minimum atomic E-state index is -0.757. The molecule has 5 heteroatoms. The molecule has 2 aromatic rings. The average Bonchev–Trinajstić information content (AvgIpc) is 2.73. The minimum Gasteiger partial charge on any atom is -0.481 e. The number of rotatable bonds is 5. The van der Waals surface area contributed by atoms with Crippen molar-refractivity contribution >= 4 is 32.7 Å². The number of anilines is 1. The first-order chi connectivity index (χ1) is 8.58. The molecule has 0 fully saturated rings. The molecular weight excluding hydrogens is 248 g/mol. The number of carboxylic acids is 1. The van der Waals surface area contributed by atoms with Gasteiger partial charge in [0.2, 0.25) is 0 Å². The number of nitrogens with one attached hydrogen (secondary N) is 1. The van der Waals surface area contributed by atoms with Crippen LogP contribution in [0.15, 0.2) is 12.1 Å². The molecule has 0 unspecified atom stereocenters. The van der Waals surface area contributed by atoms with Gasteiger partial charge in [0, 0.05) is 13.0 Å². The first-order valence-corrected chi connectivity index (χ1v) is 6.72. The molecular formula is C13H16N2O2S. The molecule has 0 spiro atoms. The number of thiazole rings is 1. The van der Waals surface area contributed by atoms with Gasteiger partial charge in [-0.05, 0) is 37.5 Å². The van der Waals surface area contributed by atoms with Gasteiger partial charge in [-0.15, -0.1) is 0 Å². The summed E-state index contributed by atoms with van der Waals surface area (Å²) in [7, 11) is 0. The third-order valence-electron chi connectivity index (χ3n) is 2.93. The van der Waals surface area contributed by atoms with Gasteiger partial charge in [-0.25, -0.2) is 4.98 Å². The number of carboxylic acid groups (broad SMARTS) is 1. The Labute approximate surface area is 110 Å². The van der Waals surface area contributed by atoms with Crippen LogP contribution in [0.1, 0.15) is 24.0 Å². The highest BCUT2D eigenvalue weighted by molar-refractivity contribution is 7.22. The second-order valence-electron chi connectivity index (χ2n) is 4.30. The van der Waals surface area contributed by atoms with E-state index in [-0.39, 0.29) is 6.42 Å². The predicted octanol–water partition coefficient (Wildman–Crippen LogP) is 3.19. The highest BCUT2D eigenvalue weighted by Crippen LogP contribution is 2.29. The second-order valence-corrected chi connectivity index (χ2v) is 5.33. The highest BCUT2D eigenvalue weighted by atomic mass is 32.1. The smallest absolute Gasteiger partial charge is 0.303 e. The van der Waals surface area contributed by atoms with Crippen LogP contribution in [-0.2, 0) is 4.79 Å². The summed E-state index contributed by atoms with van der Waals surface area (Å²) in [5, 5.41) is 12.6. The summed E-state index contributed by atoms with van der Waals surface area (Å²) >= 11 is 1.61. The number of fused-ring (bicyclic) bond motifs is 1. The quantitative estimate of drug-likeness (QED) is 0.814. The van der Waals surface area contributed by atoms with Gasteiger partial charge in [0.25, 0.3) is 0 Å². The fourth-order valence-corrected chi connectivity index (χ4v) is 2.69. The van der Waals surface area contributed by atoms with Crippen LogP contribution in [0.2, 0.25) is 0 Å². The average molecular weight is 264 g/mol. The van der Waals surface area contributed by atoms with Crippen molar-refractivity contribution in [2.24, 2.45) is 0 Å². The molecule has 4 nitrogen and oxygen atoms in total. The number of carbonyl (C=O) groups is 1. The minimum absolute atomic E-state index is 0.191. The van der Waals surface area contributed by atoms with Gasteiger partial charge >= 0.3 is 5.97 Å². The topological polar surface area (TPSA) is 62.2 Å². The van der Waals surface area contributed by atoms with Crippen LogP contribution in [-0.4, -0.2) is 22.6 Å². The maximum Gasteiger partial charge on any atom is 0.303 e. The van der Waals surface area contributed by atoms with Crippen LogP contribution in [0, 0.1) is 13.8 Å². The van der Waals surface area contributed by atoms with E-state index >= 15 is 0 Å². The van der Waals surface area contributed by atoms with E-state index < -0.39 is 5.97 Å². The van der Waals surface area contributed by atoms with Gasteiger partial charge in [0.1, 0.15) is 0 Å². The Bertz CT molecular complexity index is 578. The molecule has 18 heavy (non-hydrogen) atoms. The zero-order valence-electron chi connectivity index (χ0n) is 10.5. The van der Waals surface area contributed by atoms with E-state index in [9.17, 15) is 4.79 Å². The SMILES string of the molecule is Cc1ccc2sc(NCCCC(=O)O)nc2c1C. The molecule has 0 aliphatic rings. The Hall–Kier alpha value is -1.62. The van der Waals surface area contributed by atoms with E-state index in [1.54, 1.807) is 11.3 Å². The second kappa shape index (κ2) is 5.35. The lowest BCUT2D eigenvalue weighted by molar-refractivity contribution is -0.137. The lowest BCUT2D eigenvalue weighted by Gasteiger charge is -1.99. The normalized spacial score (nSPS) is 10.8. The van der Waals surface area contributed by atoms with Crippen molar-refractivity contribution in [3.05, 3.63) is 23.3 Å². The van der Waals surface area contributed by atoms with Crippen molar-refractivity contribution in [2.75, 3.05) is 11.9 Å². The maximum absolute atomic E-state index is 10.4. The summed E-state index contributed by atoms with van der Waals surface area (Å²) in [4.78, 5) is 14.9. The van der Waals surface area contributed by atoms with E-state index in [4.69, 9.17) is 5.11 Å². The van der Waals surface area contributed by atoms with E-state index in [0.29, 0.717) is 13.0 Å². The predicted molar refractivity (Wildman–Crippen MR) is 74.5 cm³/mol. The first-order valence-electron chi connectivity index (χ1n) is 5.90. The number of nitrogens with zero attached hydrogens (tertiary/aromatic N) is 1. The number of aromatic nitrogens is 1. The molecule has 0 amide bonds. The number of hydrogen-bond donors (Lipinski definition) is 2. The molecule has 0 radical (unpaired) electrons. The Morgan fingerprint density at radius 2 is 2.22 bits per heavy atom. The summed E-state index contributed by atoms with van der Waals surface area (Å²) in [6.45, 7) is 4.80. The maximum atomic E-state index is 10.4. The van der Waals surface area contributed by atoms with Gasteiger partial charge in [-0.3, -0.25) is 4.79 Å². The molecule has 0 aliphatic carbocycles. The van der Waals surface area contributed by atoms with Crippen LogP contribution in [0.25, 0.3) is 10.2 Å². The molecule has 1 heterocycles. The Morgan fingerprint density at radius 3 is 2.94 bits per heavy atom. The van der Waals surface area contributed by atoms with Gasteiger partial charge in [0.15, 0.2) is 5.13 Å². The number of benzene rings is 1. The zero-order chi connectivity index (χ0) is 13.1. The highest BCUT2D eigenvalue weighted by Gasteiger charge is 2.07. The standard InChI is InChI=1S/C13H16N2O2S/c1-8-5-6-10-12(9(8)2)15-13(18-10)14-7-3-4-11(16)17/h5-6H,3-4,7H2,1-2H3,(H,14,15)(H,16,17). The van der Waals surface area contributed by atoms with Gasteiger partial charge in [-0.2, -0.15) is 0 Å². The summed E-state index contributed by atoms with van der Waals surface area (Å²) in [5.74, 6) is -0.757. The molecule has 0 bridgehead atoms. The van der Waals surface area contributed by atoms with Crippen molar-refractivity contribution in [3.8, 4) is 0 Å². The van der Waals surface area contributed by atoms with Crippen LogP contribution in [0.4, 0.5) is 5.13 Å². The van der Waals surface area contributed by atoms with Crippen molar-refractivity contribution in [1.82, 2.24) is 4.98 Å². The molecule has 1 aromatic carbocycles. The van der Waals surface area contributed by atoms with Crippen molar-refractivity contribution in [1.29, 1.82) is 0 Å². The third kappa shape index (κ3) is 2.79.